The van der Waals surface area contributed by atoms with Crippen LogP contribution >= 0.6 is 0 Å². The number of hydrogen-bond acceptors (Lipinski definition) is 5. The summed E-state index contributed by atoms with van der Waals surface area (Å²) in [6.07, 6.45) is 3.89. The van der Waals surface area contributed by atoms with Crippen molar-refractivity contribution in [1.82, 2.24) is 24.9 Å². The molecule has 0 bridgehead atoms. The maximum Gasteiger partial charge on any atom is 0.322 e. The van der Waals surface area contributed by atoms with Gasteiger partial charge in [0.1, 0.15) is 12.4 Å². The Morgan fingerprint density at radius 1 is 1.30 bits per heavy atom. The van der Waals surface area contributed by atoms with E-state index in [9.17, 15) is 9.18 Å². The molecule has 142 valence electrons. The van der Waals surface area contributed by atoms with Gasteiger partial charge in [-0.15, -0.1) is 10.2 Å². The van der Waals surface area contributed by atoms with E-state index in [-0.39, 0.29) is 18.4 Å². The zero-order valence-electron chi connectivity index (χ0n) is 15.2. The van der Waals surface area contributed by atoms with Gasteiger partial charge in [0.2, 0.25) is 11.8 Å². The molecule has 2 heterocycles. The Balaban J connectivity index is 1.60. The number of anilines is 1. The molecule has 0 unspecified atom stereocenters. The molecule has 0 saturated heterocycles. The van der Waals surface area contributed by atoms with E-state index in [4.69, 9.17) is 4.42 Å². The van der Waals surface area contributed by atoms with E-state index in [1.807, 2.05) is 19.9 Å². The summed E-state index contributed by atoms with van der Waals surface area (Å²) in [5, 5.41) is 14.8. The van der Waals surface area contributed by atoms with Gasteiger partial charge in [-0.3, -0.25) is 4.68 Å². The van der Waals surface area contributed by atoms with Gasteiger partial charge in [0.15, 0.2) is 0 Å². The average Bonchev–Trinajstić information content (AvgIpc) is 3.28. The quantitative estimate of drug-likeness (QED) is 0.688. The van der Waals surface area contributed by atoms with Crippen LogP contribution < -0.4 is 5.32 Å². The molecule has 0 aliphatic rings. The van der Waals surface area contributed by atoms with Gasteiger partial charge < -0.3 is 14.6 Å². The fraction of sp³-hybridized carbons (Fsp3) is 0.333. The highest BCUT2D eigenvalue weighted by Gasteiger charge is 2.16. The fourth-order valence-electron chi connectivity index (χ4n) is 2.53. The van der Waals surface area contributed by atoms with Crippen molar-refractivity contribution in [2.24, 2.45) is 0 Å². The van der Waals surface area contributed by atoms with Gasteiger partial charge in [-0.2, -0.15) is 5.10 Å². The molecular weight excluding hydrogens is 351 g/mol. The Bertz CT molecular complexity index is 907. The van der Waals surface area contributed by atoms with E-state index in [2.05, 4.69) is 20.6 Å². The molecule has 0 aliphatic heterocycles. The van der Waals surface area contributed by atoms with Crippen molar-refractivity contribution in [3.8, 4) is 0 Å². The summed E-state index contributed by atoms with van der Waals surface area (Å²) in [7, 11) is 0. The lowest BCUT2D eigenvalue weighted by Gasteiger charge is -2.18. The second kappa shape index (κ2) is 8.43. The molecular formula is C18H21FN6O2. The highest BCUT2D eigenvalue weighted by molar-refractivity contribution is 5.88. The van der Waals surface area contributed by atoms with Crippen molar-refractivity contribution < 1.29 is 13.6 Å². The molecule has 8 nitrogen and oxygen atoms in total. The lowest BCUT2D eigenvalue weighted by Crippen LogP contribution is -2.34. The molecule has 2 aromatic heterocycles. The minimum absolute atomic E-state index is 0.229. The Morgan fingerprint density at radius 3 is 2.81 bits per heavy atom. The van der Waals surface area contributed by atoms with Gasteiger partial charge in [-0.25, -0.2) is 9.18 Å². The number of carbonyl (C=O) groups excluding carboxylic acids is 1. The molecule has 1 aromatic carbocycles. The summed E-state index contributed by atoms with van der Waals surface area (Å²) in [5.41, 5.74) is 1.34. The molecule has 3 aromatic rings. The van der Waals surface area contributed by atoms with E-state index in [0.29, 0.717) is 37.0 Å². The van der Waals surface area contributed by atoms with Gasteiger partial charge in [0.05, 0.1) is 18.4 Å². The SMILES string of the molecule is CCc1nnc(CN(CC)C(=O)Nc2cnn(Cc3cccc(F)c3)c2)o1. The predicted molar refractivity (Wildman–Crippen MR) is 96.5 cm³/mol. The van der Waals surface area contributed by atoms with E-state index < -0.39 is 0 Å². The molecule has 0 saturated carbocycles. The fourth-order valence-corrected chi connectivity index (χ4v) is 2.53. The zero-order chi connectivity index (χ0) is 19.2. The molecule has 0 atom stereocenters. The van der Waals surface area contributed by atoms with Crippen molar-refractivity contribution in [3.05, 3.63) is 59.8 Å². The smallest absolute Gasteiger partial charge is 0.322 e. The van der Waals surface area contributed by atoms with E-state index in [1.165, 1.54) is 12.1 Å². The van der Waals surface area contributed by atoms with Crippen LogP contribution in [0.2, 0.25) is 0 Å². The first-order valence-corrected chi connectivity index (χ1v) is 8.71. The number of hydrogen-bond donors (Lipinski definition) is 1. The molecule has 0 spiro atoms. The van der Waals surface area contributed by atoms with Crippen molar-refractivity contribution in [2.75, 3.05) is 11.9 Å². The van der Waals surface area contributed by atoms with Crippen LogP contribution in [0, 0.1) is 5.82 Å². The topological polar surface area (TPSA) is 89.1 Å². The Hall–Kier alpha value is -3.23. The maximum atomic E-state index is 13.3. The highest BCUT2D eigenvalue weighted by atomic mass is 19.1. The van der Waals surface area contributed by atoms with E-state index >= 15 is 0 Å². The molecule has 2 amide bonds. The monoisotopic (exact) mass is 372 g/mol. The first kappa shape index (κ1) is 18.6. The molecule has 3 rings (SSSR count). The van der Waals surface area contributed by atoms with Crippen LogP contribution in [0.15, 0.2) is 41.1 Å². The Morgan fingerprint density at radius 2 is 2.11 bits per heavy atom. The third-order valence-electron chi connectivity index (χ3n) is 3.92. The summed E-state index contributed by atoms with van der Waals surface area (Å²) >= 11 is 0. The maximum absolute atomic E-state index is 13.3. The van der Waals surface area contributed by atoms with Crippen LogP contribution in [0.25, 0.3) is 0 Å². The van der Waals surface area contributed by atoms with Gasteiger partial charge in [0, 0.05) is 19.2 Å². The summed E-state index contributed by atoms with van der Waals surface area (Å²) in [6, 6.07) is 6.02. The molecule has 0 radical (unpaired) electrons. The number of aryl methyl sites for hydroxylation is 1. The number of urea groups is 1. The summed E-state index contributed by atoms with van der Waals surface area (Å²) in [4.78, 5) is 14.0. The number of aromatic nitrogens is 4. The molecule has 9 heteroatoms. The minimum Gasteiger partial charge on any atom is -0.423 e. The number of halogens is 1. The van der Waals surface area contributed by atoms with Crippen LogP contribution in [-0.2, 0) is 19.5 Å². The third-order valence-corrected chi connectivity index (χ3v) is 3.92. The van der Waals surface area contributed by atoms with E-state index in [0.717, 1.165) is 5.56 Å². The largest absolute Gasteiger partial charge is 0.423 e. The van der Waals surface area contributed by atoms with Gasteiger partial charge >= 0.3 is 6.03 Å². The number of carbonyl (C=O) groups is 1. The number of benzene rings is 1. The minimum atomic E-state index is -0.293. The number of nitrogens with zero attached hydrogens (tertiary/aromatic N) is 5. The van der Waals surface area contributed by atoms with Crippen molar-refractivity contribution in [2.45, 2.75) is 33.4 Å². The third kappa shape index (κ3) is 4.90. The first-order valence-electron chi connectivity index (χ1n) is 8.71. The van der Waals surface area contributed by atoms with Crippen LogP contribution in [-0.4, -0.2) is 37.5 Å². The summed E-state index contributed by atoms with van der Waals surface area (Å²) in [6.45, 7) is 4.90. The number of nitrogens with one attached hydrogen (secondary N) is 1. The van der Waals surface area contributed by atoms with Crippen LogP contribution in [0.4, 0.5) is 14.9 Å². The average molecular weight is 372 g/mol. The van der Waals surface area contributed by atoms with Crippen molar-refractivity contribution >= 4 is 11.7 Å². The van der Waals surface area contributed by atoms with Crippen LogP contribution in [0.3, 0.4) is 0 Å². The van der Waals surface area contributed by atoms with Gasteiger partial charge in [-0.05, 0) is 24.6 Å². The van der Waals surface area contributed by atoms with Gasteiger partial charge in [-0.1, -0.05) is 19.1 Å². The highest BCUT2D eigenvalue weighted by Crippen LogP contribution is 2.11. The van der Waals surface area contributed by atoms with Crippen molar-refractivity contribution in [3.63, 3.8) is 0 Å². The van der Waals surface area contributed by atoms with Crippen LogP contribution in [0.5, 0.6) is 0 Å². The lowest BCUT2D eigenvalue weighted by molar-refractivity contribution is 0.205. The second-order valence-corrected chi connectivity index (χ2v) is 5.94. The second-order valence-electron chi connectivity index (χ2n) is 5.94. The summed E-state index contributed by atoms with van der Waals surface area (Å²) < 4.78 is 20.4. The standard InChI is InChI=1S/C18H21FN6O2/c1-3-16-22-23-17(27-16)12-24(4-2)18(26)21-15-9-20-25(11-15)10-13-6-5-7-14(19)8-13/h5-9,11H,3-4,10,12H2,1-2H3,(H,21,26). The molecule has 27 heavy (non-hydrogen) atoms. The molecule has 0 fully saturated rings. The van der Waals surface area contributed by atoms with Gasteiger partial charge in [0.25, 0.3) is 0 Å². The lowest BCUT2D eigenvalue weighted by atomic mass is 10.2. The summed E-state index contributed by atoms with van der Waals surface area (Å²) in [5.74, 6) is 0.643. The Kier molecular flexibility index (Phi) is 5.80. The number of rotatable bonds is 7. The first-order chi connectivity index (χ1) is 13.1. The Labute approximate surface area is 156 Å². The normalized spacial score (nSPS) is 10.8. The molecule has 1 N–H and O–H groups in total. The van der Waals surface area contributed by atoms with E-state index in [1.54, 1.807) is 28.0 Å². The van der Waals surface area contributed by atoms with Crippen molar-refractivity contribution in [1.29, 1.82) is 0 Å². The number of amides is 2. The zero-order valence-corrected chi connectivity index (χ0v) is 15.2. The van der Waals surface area contributed by atoms with Crippen LogP contribution in [0.1, 0.15) is 31.2 Å². The predicted octanol–water partition coefficient (Wildman–Crippen LogP) is 3.07. The molecule has 0 aliphatic carbocycles.